The van der Waals surface area contributed by atoms with Crippen LogP contribution < -0.4 is 0 Å². The first-order chi connectivity index (χ1) is 16.6. The lowest BCUT2D eigenvalue weighted by Gasteiger charge is -2.48. The van der Waals surface area contributed by atoms with Gasteiger partial charge >= 0.3 is 0 Å². The van der Waals surface area contributed by atoms with Crippen molar-refractivity contribution in [2.24, 2.45) is 0 Å². The lowest BCUT2D eigenvalue weighted by molar-refractivity contribution is -0.392. The summed E-state index contributed by atoms with van der Waals surface area (Å²) in [6.07, 6.45) is -24.0. The first-order valence-corrected chi connectivity index (χ1v) is 11.0. The van der Waals surface area contributed by atoms with Crippen molar-refractivity contribution in [2.45, 2.75) is 92.1 Å². The molecule has 16 nitrogen and oxygen atoms in total. The summed E-state index contributed by atoms with van der Waals surface area (Å²) in [5.41, 5.74) is 0. The maximum Gasteiger partial charge on any atom is 0.187 e. The lowest BCUT2D eigenvalue weighted by atomic mass is 9.96. The van der Waals surface area contributed by atoms with E-state index in [9.17, 15) is 51.1 Å². The summed E-state index contributed by atoms with van der Waals surface area (Å²) in [5, 5.41) is 100. The fourth-order valence-electron chi connectivity index (χ4n) is 4.26. The van der Waals surface area contributed by atoms with Crippen molar-refractivity contribution >= 4 is 0 Å². The number of hydrogen-bond donors (Lipinski definition) is 10. The zero-order chi connectivity index (χ0) is 26.0. The molecule has 3 saturated heterocycles. The largest absolute Gasteiger partial charge is 0.394 e. The van der Waals surface area contributed by atoms with Crippen molar-refractivity contribution < 1.29 is 79.5 Å². The fraction of sp³-hybridized carbons (Fsp3) is 1.00. The van der Waals surface area contributed by atoms with Gasteiger partial charge in [0.1, 0.15) is 73.2 Å². The Kier molecular flexibility index (Phi) is 10.1. The van der Waals surface area contributed by atoms with Gasteiger partial charge < -0.3 is 79.5 Å². The van der Waals surface area contributed by atoms with E-state index in [2.05, 4.69) is 0 Å². The van der Waals surface area contributed by atoms with E-state index in [1.54, 1.807) is 0 Å². The molecule has 16 heteroatoms. The summed E-state index contributed by atoms with van der Waals surface area (Å²) in [7, 11) is 1.17. The van der Waals surface area contributed by atoms with Gasteiger partial charge in [0.2, 0.25) is 0 Å². The first kappa shape index (κ1) is 28.9. The van der Waals surface area contributed by atoms with E-state index in [0.717, 1.165) is 0 Å². The van der Waals surface area contributed by atoms with Gasteiger partial charge in [0.15, 0.2) is 18.9 Å². The monoisotopic (exact) mass is 518 g/mol. The van der Waals surface area contributed by atoms with E-state index in [1.807, 2.05) is 0 Å². The zero-order valence-corrected chi connectivity index (χ0v) is 18.7. The Labute approximate surface area is 199 Å². The van der Waals surface area contributed by atoms with Crippen molar-refractivity contribution in [2.75, 3.05) is 26.9 Å². The number of hydrogen-bond acceptors (Lipinski definition) is 16. The molecule has 0 saturated carbocycles. The minimum Gasteiger partial charge on any atom is -0.394 e. The van der Waals surface area contributed by atoms with E-state index >= 15 is 0 Å². The average molecular weight is 518 g/mol. The molecule has 0 aromatic heterocycles. The maximum atomic E-state index is 10.7. The summed E-state index contributed by atoms with van der Waals surface area (Å²) < 4.78 is 32.3. The van der Waals surface area contributed by atoms with Crippen LogP contribution in [0.3, 0.4) is 0 Å². The van der Waals surface area contributed by atoms with Gasteiger partial charge in [-0.3, -0.25) is 0 Å². The molecule has 3 rings (SSSR count). The van der Waals surface area contributed by atoms with Crippen LogP contribution in [-0.2, 0) is 28.4 Å². The molecule has 35 heavy (non-hydrogen) atoms. The van der Waals surface area contributed by atoms with Crippen molar-refractivity contribution in [3.8, 4) is 0 Å². The van der Waals surface area contributed by atoms with Gasteiger partial charge in [-0.25, -0.2) is 0 Å². The van der Waals surface area contributed by atoms with E-state index in [-0.39, 0.29) is 0 Å². The third kappa shape index (κ3) is 5.78. The Balaban J connectivity index is 1.84. The van der Waals surface area contributed by atoms with Crippen LogP contribution in [0, 0.1) is 0 Å². The normalized spacial score (nSPS) is 51.3. The van der Waals surface area contributed by atoms with Gasteiger partial charge in [0.05, 0.1) is 19.8 Å². The molecule has 3 aliphatic rings. The Morgan fingerprint density at radius 2 is 0.886 bits per heavy atom. The number of ether oxygens (including phenoxy) is 6. The average Bonchev–Trinajstić information content (AvgIpc) is 2.85. The summed E-state index contributed by atoms with van der Waals surface area (Å²) in [4.78, 5) is 0. The van der Waals surface area contributed by atoms with E-state index in [4.69, 9.17) is 28.4 Å². The molecule has 3 aliphatic heterocycles. The second kappa shape index (κ2) is 12.3. The molecule has 0 aromatic carbocycles. The molecule has 0 aromatic rings. The highest BCUT2D eigenvalue weighted by atomic mass is 16.8. The van der Waals surface area contributed by atoms with Gasteiger partial charge in [-0.1, -0.05) is 0 Å². The van der Waals surface area contributed by atoms with Gasteiger partial charge in [0, 0.05) is 7.11 Å². The minimum atomic E-state index is -1.88. The van der Waals surface area contributed by atoms with E-state index < -0.39 is 112 Å². The second-order valence-corrected chi connectivity index (χ2v) is 8.54. The first-order valence-electron chi connectivity index (χ1n) is 11.0. The molecule has 0 radical (unpaired) electrons. The van der Waals surface area contributed by atoms with E-state index in [1.165, 1.54) is 7.11 Å². The SMILES string of the molecule is CO[C@@H]1[C@@H](O[C@@H]2[C@@H](O[C@@H]3C(O)O[C@H](CO)[C@@H](O)[C@@H]3O)O[C@H](CO)[C@@H](O)[C@@H]2O)O[C@H](CO)[C@@H](O)[C@@H]1O. The quantitative estimate of drug-likeness (QED) is 0.143. The van der Waals surface area contributed by atoms with Crippen LogP contribution in [0.2, 0.25) is 0 Å². The van der Waals surface area contributed by atoms with Gasteiger partial charge in [0.25, 0.3) is 0 Å². The van der Waals surface area contributed by atoms with Crippen molar-refractivity contribution in [3.63, 3.8) is 0 Å². The summed E-state index contributed by atoms with van der Waals surface area (Å²) in [6.45, 7) is -2.21. The van der Waals surface area contributed by atoms with Crippen molar-refractivity contribution in [1.82, 2.24) is 0 Å². The highest BCUT2D eigenvalue weighted by Crippen LogP contribution is 2.33. The molecule has 0 aliphatic carbocycles. The van der Waals surface area contributed by atoms with Crippen LogP contribution in [0.1, 0.15) is 0 Å². The third-order valence-corrected chi connectivity index (χ3v) is 6.35. The number of rotatable bonds is 8. The molecule has 0 spiro atoms. The van der Waals surface area contributed by atoms with Gasteiger partial charge in [-0.2, -0.15) is 0 Å². The molecular weight excluding hydrogens is 484 g/mol. The minimum absolute atomic E-state index is 0.713. The van der Waals surface area contributed by atoms with Crippen LogP contribution in [0.5, 0.6) is 0 Å². The highest BCUT2D eigenvalue weighted by molar-refractivity contribution is 4.96. The summed E-state index contributed by atoms with van der Waals surface area (Å²) >= 11 is 0. The zero-order valence-electron chi connectivity index (χ0n) is 18.7. The second-order valence-electron chi connectivity index (χ2n) is 8.54. The molecular formula is C19H34O16. The highest BCUT2D eigenvalue weighted by Gasteiger charge is 2.54. The number of aliphatic hydroxyl groups is 10. The Hall–Kier alpha value is -0.640. The van der Waals surface area contributed by atoms with Crippen molar-refractivity contribution in [3.05, 3.63) is 0 Å². The lowest BCUT2D eigenvalue weighted by Crippen LogP contribution is -2.67. The van der Waals surface area contributed by atoms with Gasteiger partial charge in [-0.15, -0.1) is 0 Å². The molecule has 0 bridgehead atoms. The van der Waals surface area contributed by atoms with Gasteiger partial charge in [-0.05, 0) is 0 Å². The molecule has 15 atom stereocenters. The topological polar surface area (TPSA) is 258 Å². The number of aliphatic hydroxyl groups excluding tert-OH is 10. The predicted molar refractivity (Wildman–Crippen MR) is 106 cm³/mol. The van der Waals surface area contributed by atoms with Crippen LogP contribution >= 0.6 is 0 Å². The molecule has 206 valence electrons. The van der Waals surface area contributed by atoms with Crippen molar-refractivity contribution in [1.29, 1.82) is 0 Å². The molecule has 3 fully saturated rings. The third-order valence-electron chi connectivity index (χ3n) is 6.35. The summed E-state index contributed by atoms with van der Waals surface area (Å²) in [5.74, 6) is 0. The predicted octanol–water partition coefficient (Wildman–Crippen LogP) is -6.92. The van der Waals surface area contributed by atoms with Crippen LogP contribution in [0.4, 0.5) is 0 Å². The molecule has 1 unspecified atom stereocenters. The summed E-state index contributed by atoms with van der Waals surface area (Å²) in [6, 6.07) is 0. The van der Waals surface area contributed by atoms with Crippen LogP contribution in [0.25, 0.3) is 0 Å². The number of methoxy groups -OCH3 is 1. The van der Waals surface area contributed by atoms with Crippen LogP contribution in [-0.4, -0.2) is 170 Å². The van der Waals surface area contributed by atoms with E-state index in [0.29, 0.717) is 0 Å². The van der Waals surface area contributed by atoms with Crippen LogP contribution in [0.15, 0.2) is 0 Å². The molecule has 0 amide bonds. The molecule has 3 heterocycles. The maximum absolute atomic E-state index is 10.7. The molecule has 10 N–H and O–H groups in total. The Bertz CT molecular complexity index is 656. The Morgan fingerprint density at radius 3 is 1.34 bits per heavy atom. The standard InChI is InChI=1S/C19H34O16/c1-30-15-12(27)9(24)6(3-21)32-18(15)35-16-13(28)10(25)7(4-22)33-19(16)34-14-11(26)8(23)5(2-20)31-17(14)29/h5-29H,2-4H2,1H3/t5-,6-,7-,8-,9-,10-,11+,12+,13+,14+,15+,16+,17?,18-,19-/m1/s1. The Morgan fingerprint density at radius 1 is 0.514 bits per heavy atom. The fourth-order valence-corrected chi connectivity index (χ4v) is 4.26. The smallest absolute Gasteiger partial charge is 0.187 e.